The maximum absolute atomic E-state index is 5.78. The van der Waals surface area contributed by atoms with Crippen LogP contribution in [0.1, 0.15) is 26.3 Å². The Morgan fingerprint density at radius 2 is 2.33 bits per heavy atom. The van der Waals surface area contributed by atoms with Gasteiger partial charge in [-0.1, -0.05) is 11.8 Å². The fourth-order valence-corrected chi connectivity index (χ4v) is 2.97. The Morgan fingerprint density at radius 3 is 2.93 bits per heavy atom. The SMILES string of the molecule is CC(C)n1c(N)nnc1SC1CCNC1. The van der Waals surface area contributed by atoms with Crippen LogP contribution in [-0.4, -0.2) is 33.1 Å². The molecular formula is C9H17N5S. The Labute approximate surface area is 93.8 Å². The van der Waals surface area contributed by atoms with Gasteiger partial charge in [0.25, 0.3) is 0 Å². The van der Waals surface area contributed by atoms with Gasteiger partial charge >= 0.3 is 0 Å². The van der Waals surface area contributed by atoms with E-state index in [4.69, 9.17) is 5.73 Å². The summed E-state index contributed by atoms with van der Waals surface area (Å²) in [5.41, 5.74) is 5.78. The minimum Gasteiger partial charge on any atom is -0.368 e. The summed E-state index contributed by atoms with van der Waals surface area (Å²) in [7, 11) is 0. The molecule has 0 spiro atoms. The van der Waals surface area contributed by atoms with E-state index >= 15 is 0 Å². The highest BCUT2D eigenvalue weighted by Crippen LogP contribution is 2.28. The highest BCUT2D eigenvalue weighted by atomic mass is 32.2. The number of aromatic nitrogens is 3. The van der Waals surface area contributed by atoms with Gasteiger partial charge in [-0.3, -0.25) is 4.57 Å². The number of nitrogen functional groups attached to an aromatic ring is 1. The molecule has 0 aliphatic carbocycles. The van der Waals surface area contributed by atoms with E-state index in [1.165, 1.54) is 6.42 Å². The highest BCUT2D eigenvalue weighted by molar-refractivity contribution is 7.99. The lowest BCUT2D eigenvalue weighted by Gasteiger charge is -2.13. The molecule has 15 heavy (non-hydrogen) atoms. The van der Waals surface area contributed by atoms with Crippen molar-refractivity contribution in [2.45, 2.75) is 36.7 Å². The van der Waals surface area contributed by atoms with Gasteiger partial charge in [0.1, 0.15) is 0 Å². The summed E-state index contributed by atoms with van der Waals surface area (Å²) < 4.78 is 1.99. The molecule has 1 saturated heterocycles. The molecule has 0 bridgehead atoms. The number of hydrogen-bond acceptors (Lipinski definition) is 5. The maximum Gasteiger partial charge on any atom is 0.222 e. The molecule has 2 heterocycles. The van der Waals surface area contributed by atoms with Crippen LogP contribution in [0.2, 0.25) is 0 Å². The predicted octanol–water partition coefficient (Wildman–Crippen LogP) is 0.895. The predicted molar refractivity (Wildman–Crippen MR) is 62.0 cm³/mol. The fourth-order valence-electron chi connectivity index (χ4n) is 1.73. The lowest BCUT2D eigenvalue weighted by atomic mass is 10.4. The first-order chi connectivity index (χ1) is 7.18. The zero-order valence-electron chi connectivity index (χ0n) is 9.10. The first-order valence-corrected chi connectivity index (χ1v) is 6.14. The first kappa shape index (κ1) is 10.8. The van der Waals surface area contributed by atoms with E-state index in [0.717, 1.165) is 18.2 Å². The van der Waals surface area contributed by atoms with Crippen LogP contribution >= 0.6 is 11.8 Å². The number of nitrogens with one attached hydrogen (secondary N) is 1. The van der Waals surface area contributed by atoms with E-state index in [0.29, 0.717) is 17.2 Å². The van der Waals surface area contributed by atoms with Crippen LogP contribution in [0, 0.1) is 0 Å². The summed E-state index contributed by atoms with van der Waals surface area (Å²) >= 11 is 1.77. The van der Waals surface area contributed by atoms with Crippen molar-refractivity contribution in [3.63, 3.8) is 0 Å². The van der Waals surface area contributed by atoms with Crippen LogP contribution in [-0.2, 0) is 0 Å². The Morgan fingerprint density at radius 1 is 1.53 bits per heavy atom. The molecule has 0 aromatic carbocycles. The second-order valence-corrected chi connectivity index (χ2v) is 5.30. The number of hydrogen-bond donors (Lipinski definition) is 2. The zero-order chi connectivity index (χ0) is 10.8. The number of thioether (sulfide) groups is 1. The van der Waals surface area contributed by atoms with Crippen LogP contribution in [0.4, 0.5) is 5.95 Å². The second kappa shape index (κ2) is 4.40. The topological polar surface area (TPSA) is 68.8 Å². The van der Waals surface area contributed by atoms with Crippen LogP contribution in [0.3, 0.4) is 0 Å². The molecule has 3 N–H and O–H groups in total. The van der Waals surface area contributed by atoms with Crippen LogP contribution in [0.15, 0.2) is 5.16 Å². The van der Waals surface area contributed by atoms with E-state index in [1.807, 2.05) is 4.57 Å². The molecule has 1 fully saturated rings. The zero-order valence-corrected chi connectivity index (χ0v) is 9.92. The summed E-state index contributed by atoms with van der Waals surface area (Å²) in [5, 5.41) is 12.9. The van der Waals surface area contributed by atoms with E-state index < -0.39 is 0 Å². The minimum absolute atomic E-state index is 0.317. The quantitative estimate of drug-likeness (QED) is 0.803. The average molecular weight is 227 g/mol. The molecule has 0 saturated carbocycles. The van der Waals surface area contributed by atoms with Gasteiger partial charge in [0.05, 0.1) is 0 Å². The lowest BCUT2D eigenvalue weighted by molar-refractivity contribution is 0.556. The minimum atomic E-state index is 0.317. The van der Waals surface area contributed by atoms with Crippen LogP contribution in [0.25, 0.3) is 0 Å². The fraction of sp³-hybridized carbons (Fsp3) is 0.778. The molecule has 1 atom stereocenters. The molecule has 2 rings (SSSR count). The Bertz CT molecular complexity index is 329. The molecule has 1 aromatic rings. The third-order valence-electron chi connectivity index (χ3n) is 2.49. The smallest absolute Gasteiger partial charge is 0.222 e. The van der Waals surface area contributed by atoms with Gasteiger partial charge in [-0.05, 0) is 26.8 Å². The molecule has 1 aliphatic rings. The van der Waals surface area contributed by atoms with Crippen molar-refractivity contribution in [1.82, 2.24) is 20.1 Å². The van der Waals surface area contributed by atoms with Gasteiger partial charge < -0.3 is 11.1 Å². The molecule has 5 nitrogen and oxygen atoms in total. The average Bonchev–Trinajstić information content (AvgIpc) is 2.76. The molecule has 1 aliphatic heterocycles. The molecule has 1 aromatic heterocycles. The molecule has 0 amide bonds. The Kier molecular flexibility index (Phi) is 3.16. The monoisotopic (exact) mass is 227 g/mol. The second-order valence-electron chi connectivity index (χ2n) is 4.04. The van der Waals surface area contributed by atoms with Gasteiger partial charge in [-0.15, -0.1) is 10.2 Å². The van der Waals surface area contributed by atoms with Crippen molar-refractivity contribution in [1.29, 1.82) is 0 Å². The van der Waals surface area contributed by atoms with Gasteiger partial charge in [-0.25, -0.2) is 0 Å². The van der Waals surface area contributed by atoms with Crippen molar-refractivity contribution < 1.29 is 0 Å². The van der Waals surface area contributed by atoms with Crippen molar-refractivity contribution >= 4 is 17.7 Å². The first-order valence-electron chi connectivity index (χ1n) is 5.26. The summed E-state index contributed by atoms with van der Waals surface area (Å²) in [5.74, 6) is 0.512. The van der Waals surface area contributed by atoms with Crippen LogP contribution < -0.4 is 11.1 Å². The summed E-state index contributed by atoms with van der Waals surface area (Å²) in [6.45, 7) is 6.34. The molecule has 1 unspecified atom stereocenters. The summed E-state index contributed by atoms with van der Waals surface area (Å²) in [4.78, 5) is 0. The van der Waals surface area contributed by atoms with Crippen molar-refractivity contribution in [2.75, 3.05) is 18.8 Å². The lowest BCUT2D eigenvalue weighted by Crippen LogP contribution is -2.12. The van der Waals surface area contributed by atoms with Gasteiger partial charge in [-0.2, -0.15) is 0 Å². The van der Waals surface area contributed by atoms with Crippen molar-refractivity contribution in [3.05, 3.63) is 0 Å². The molecular weight excluding hydrogens is 210 g/mol. The van der Waals surface area contributed by atoms with Gasteiger partial charge in [0.2, 0.25) is 5.95 Å². The summed E-state index contributed by atoms with van der Waals surface area (Å²) in [6.07, 6.45) is 1.19. The standard InChI is InChI=1S/C9H17N5S/c1-6(2)14-8(10)12-13-9(14)15-7-3-4-11-5-7/h6-7,11H,3-5H2,1-2H3,(H2,10,12). The summed E-state index contributed by atoms with van der Waals surface area (Å²) in [6, 6.07) is 0.317. The molecule has 0 radical (unpaired) electrons. The van der Waals surface area contributed by atoms with E-state index in [2.05, 4.69) is 29.4 Å². The molecule has 6 heteroatoms. The van der Waals surface area contributed by atoms with Gasteiger partial charge in [0.15, 0.2) is 5.16 Å². The largest absolute Gasteiger partial charge is 0.368 e. The third-order valence-corrected chi connectivity index (χ3v) is 3.72. The Hall–Kier alpha value is -0.750. The van der Waals surface area contributed by atoms with Gasteiger partial charge in [0, 0.05) is 17.8 Å². The number of nitrogens with two attached hydrogens (primary N) is 1. The number of nitrogens with zero attached hydrogens (tertiary/aromatic N) is 3. The normalized spacial score (nSPS) is 21.4. The van der Waals surface area contributed by atoms with Crippen molar-refractivity contribution in [3.8, 4) is 0 Å². The van der Waals surface area contributed by atoms with Crippen LogP contribution in [0.5, 0.6) is 0 Å². The Balaban J connectivity index is 2.13. The maximum atomic E-state index is 5.78. The van der Waals surface area contributed by atoms with Crippen molar-refractivity contribution in [2.24, 2.45) is 0 Å². The van der Waals surface area contributed by atoms with E-state index in [1.54, 1.807) is 11.8 Å². The highest BCUT2D eigenvalue weighted by Gasteiger charge is 2.20. The number of rotatable bonds is 3. The van der Waals surface area contributed by atoms with E-state index in [-0.39, 0.29) is 0 Å². The third kappa shape index (κ3) is 2.26. The number of anilines is 1. The molecule has 84 valence electrons. The van der Waals surface area contributed by atoms with E-state index in [9.17, 15) is 0 Å².